The molecule has 2 nitrogen and oxygen atoms in total. The summed E-state index contributed by atoms with van der Waals surface area (Å²) in [6, 6.07) is 7.44. The normalized spacial score (nSPS) is 15.8. The monoisotopic (exact) mass is 267 g/mol. The van der Waals surface area contributed by atoms with Gasteiger partial charge in [0.15, 0.2) is 0 Å². The largest absolute Gasteiger partial charge is 0.352 e. The number of benzene rings is 1. The maximum absolute atomic E-state index is 11.7. The highest BCUT2D eigenvalue weighted by Gasteiger charge is 2.18. The predicted octanol–water partition coefficient (Wildman–Crippen LogP) is 2.98. The van der Waals surface area contributed by atoms with E-state index in [-0.39, 0.29) is 5.91 Å². The SMILES string of the molecule is O=C(NCC1CCC1)c1ccc(Br)cc1. The number of nitrogens with one attached hydrogen (secondary N) is 1. The Labute approximate surface area is 98.2 Å². The number of carbonyl (C=O) groups excluding carboxylic acids is 1. The Morgan fingerprint density at radius 2 is 2.00 bits per heavy atom. The van der Waals surface area contributed by atoms with Crippen molar-refractivity contribution in [2.75, 3.05) is 6.54 Å². The second-order valence-corrected chi connectivity index (χ2v) is 4.93. The fourth-order valence-corrected chi connectivity index (χ4v) is 1.90. The number of amides is 1. The lowest BCUT2D eigenvalue weighted by molar-refractivity contribution is 0.0939. The molecule has 15 heavy (non-hydrogen) atoms. The van der Waals surface area contributed by atoms with E-state index in [0.29, 0.717) is 5.92 Å². The molecule has 1 amide bonds. The van der Waals surface area contributed by atoms with Gasteiger partial charge in [-0.05, 0) is 43.0 Å². The number of hydrogen-bond donors (Lipinski definition) is 1. The van der Waals surface area contributed by atoms with Gasteiger partial charge in [-0.25, -0.2) is 0 Å². The summed E-state index contributed by atoms with van der Waals surface area (Å²) in [5, 5.41) is 2.97. The molecule has 1 aromatic carbocycles. The zero-order valence-corrected chi connectivity index (χ0v) is 10.1. The van der Waals surface area contributed by atoms with Gasteiger partial charge in [0.25, 0.3) is 5.91 Å². The molecule has 2 rings (SSSR count). The topological polar surface area (TPSA) is 29.1 Å². The lowest BCUT2D eigenvalue weighted by atomic mass is 9.85. The Balaban J connectivity index is 1.86. The molecule has 0 atom stereocenters. The first-order valence-electron chi connectivity index (χ1n) is 5.29. The first kappa shape index (κ1) is 10.7. The number of carbonyl (C=O) groups is 1. The van der Waals surface area contributed by atoms with E-state index in [4.69, 9.17) is 0 Å². The third-order valence-corrected chi connectivity index (χ3v) is 3.41. The van der Waals surface area contributed by atoms with Gasteiger partial charge < -0.3 is 5.32 Å². The molecule has 0 saturated heterocycles. The lowest BCUT2D eigenvalue weighted by Gasteiger charge is -2.25. The highest BCUT2D eigenvalue weighted by molar-refractivity contribution is 9.10. The molecule has 1 fully saturated rings. The van der Waals surface area contributed by atoms with Crippen LogP contribution in [0.3, 0.4) is 0 Å². The maximum Gasteiger partial charge on any atom is 0.251 e. The van der Waals surface area contributed by atoms with Gasteiger partial charge in [-0.1, -0.05) is 22.4 Å². The average molecular weight is 268 g/mol. The van der Waals surface area contributed by atoms with Gasteiger partial charge in [-0.3, -0.25) is 4.79 Å². The van der Waals surface area contributed by atoms with Crippen molar-refractivity contribution in [1.82, 2.24) is 5.32 Å². The smallest absolute Gasteiger partial charge is 0.251 e. The lowest BCUT2D eigenvalue weighted by Crippen LogP contribution is -2.32. The third kappa shape index (κ3) is 2.81. The van der Waals surface area contributed by atoms with Crippen LogP contribution in [0.5, 0.6) is 0 Å². The molecule has 0 heterocycles. The van der Waals surface area contributed by atoms with Crippen molar-refractivity contribution in [2.24, 2.45) is 5.92 Å². The van der Waals surface area contributed by atoms with Crippen molar-refractivity contribution in [2.45, 2.75) is 19.3 Å². The Hall–Kier alpha value is -0.830. The number of halogens is 1. The summed E-state index contributed by atoms with van der Waals surface area (Å²) in [6.45, 7) is 0.828. The molecule has 1 saturated carbocycles. The number of rotatable bonds is 3. The number of hydrogen-bond acceptors (Lipinski definition) is 1. The zero-order chi connectivity index (χ0) is 10.7. The molecular formula is C12H14BrNO. The van der Waals surface area contributed by atoms with Crippen LogP contribution in [-0.2, 0) is 0 Å². The van der Waals surface area contributed by atoms with E-state index in [1.54, 1.807) is 0 Å². The molecule has 0 aromatic heterocycles. The van der Waals surface area contributed by atoms with Crippen LogP contribution in [0.15, 0.2) is 28.7 Å². The van der Waals surface area contributed by atoms with Crippen molar-refractivity contribution in [3.05, 3.63) is 34.3 Å². The summed E-state index contributed by atoms with van der Waals surface area (Å²) in [6.07, 6.45) is 3.85. The molecular weight excluding hydrogens is 254 g/mol. The fourth-order valence-electron chi connectivity index (χ4n) is 1.64. The summed E-state index contributed by atoms with van der Waals surface area (Å²) in [4.78, 5) is 11.7. The maximum atomic E-state index is 11.7. The van der Waals surface area contributed by atoms with Crippen LogP contribution in [0.1, 0.15) is 29.6 Å². The molecule has 0 radical (unpaired) electrons. The molecule has 0 unspecified atom stereocenters. The molecule has 80 valence electrons. The van der Waals surface area contributed by atoms with E-state index in [0.717, 1.165) is 16.6 Å². The second-order valence-electron chi connectivity index (χ2n) is 4.01. The minimum absolute atomic E-state index is 0.0365. The van der Waals surface area contributed by atoms with E-state index in [1.807, 2.05) is 24.3 Å². The zero-order valence-electron chi connectivity index (χ0n) is 8.50. The Kier molecular flexibility index (Phi) is 3.41. The molecule has 0 bridgehead atoms. The fraction of sp³-hybridized carbons (Fsp3) is 0.417. The van der Waals surface area contributed by atoms with Crippen LogP contribution < -0.4 is 5.32 Å². The van der Waals surface area contributed by atoms with Crippen LogP contribution in [-0.4, -0.2) is 12.5 Å². The molecule has 1 aliphatic carbocycles. The molecule has 3 heteroatoms. The summed E-state index contributed by atoms with van der Waals surface area (Å²) in [5.74, 6) is 0.749. The van der Waals surface area contributed by atoms with Crippen molar-refractivity contribution in [1.29, 1.82) is 0 Å². The van der Waals surface area contributed by atoms with E-state index < -0.39 is 0 Å². The van der Waals surface area contributed by atoms with Crippen LogP contribution in [0.4, 0.5) is 0 Å². The van der Waals surface area contributed by atoms with Crippen molar-refractivity contribution in [3.8, 4) is 0 Å². The minimum Gasteiger partial charge on any atom is -0.352 e. The van der Waals surface area contributed by atoms with E-state index >= 15 is 0 Å². The van der Waals surface area contributed by atoms with Crippen molar-refractivity contribution in [3.63, 3.8) is 0 Å². The van der Waals surface area contributed by atoms with E-state index in [2.05, 4.69) is 21.2 Å². The molecule has 1 N–H and O–H groups in total. The highest BCUT2D eigenvalue weighted by atomic mass is 79.9. The van der Waals surface area contributed by atoms with E-state index in [9.17, 15) is 4.79 Å². The predicted molar refractivity (Wildman–Crippen MR) is 63.8 cm³/mol. The van der Waals surface area contributed by atoms with Gasteiger partial charge in [0.2, 0.25) is 0 Å². The molecule has 1 aromatic rings. The summed E-state index contributed by atoms with van der Waals surface area (Å²) >= 11 is 3.35. The Morgan fingerprint density at radius 1 is 1.33 bits per heavy atom. The third-order valence-electron chi connectivity index (χ3n) is 2.88. The summed E-state index contributed by atoms with van der Waals surface area (Å²) in [7, 11) is 0. The quantitative estimate of drug-likeness (QED) is 0.897. The minimum atomic E-state index is 0.0365. The van der Waals surface area contributed by atoms with E-state index in [1.165, 1.54) is 19.3 Å². The van der Waals surface area contributed by atoms with Crippen molar-refractivity contribution < 1.29 is 4.79 Å². The first-order valence-corrected chi connectivity index (χ1v) is 6.09. The summed E-state index contributed by atoms with van der Waals surface area (Å²) in [5.41, 5.74) is 0.734. The van der Waals surface area contributed by atoms with Gasteiger partial charge >= 0.3 is 0 Å². The Bertz CT molecular complexity index is 343. The van der Waals surface area contributed by atoms with Crippen LogP contribution >= 0.6 is 15.9 Å². The summed E-state index contributed by atoms with van der Waals surface area (Å²) < 4.78 is 0.998. The van der Waals surface area contributed by atoms with Crippen LogP contribution in [0, 0.1) is 5.92 Å². The molecule has 0 aliphatic heterocycles. The molecule has 1 aliphatic rings. The van der Waals surface area contributed by atoms with Gasteiger partial charge in [0.1, 0.15) is 0 Å². The first-order chi connectivity index (χ1) is 7.25. The van der Waals surface area contributed by atoms with Gasteiger partial charge in [0.05, 0.1) is 0 Å². The Morgan fingerprint density at radius 3 is 2.53 bits per heavy atom. The van der Waals surface area contributed by atoms with Crippen LogP contribution in [0.25, 0.3) is 0 Å². The average Bonchev–Trinajstić information content (AvgIpc) is 2.16. The van der Waals surface area contributed by atoms with Crippen LogP contribution in [0.2, 0.25) is 0 Å². The van der Waals surface area contributed by atoms with Gasteiger partial charge in [0, 0.05) is 16.6 Å². The van der Waals surface area contributed by atoms with Gasteiger partial charge in [-0.2, -0.15) is 0 Å². The van der Waals surface area contributed by atoms with Gasteiger partial charge in [-0.15, -0.1) is 0 Å². The van der Waals surface area contributed by atoms with Crippen molar-refractivity contribution >= 4 is 21.8 Å². The molecule has 0 spiro atoms. The standard InChI is InChI=1S/C12H14BrNO/c13-11-6-4-10(5-7-11)12(15)14-8-9-2-1-3-9/h4-7,9H,1-3,8H2,(H,14,15). The second kappa shape index (κ2) is 4.79. The highest BCUT2D eigenvalue weighted by Crippen LogP contribution is 2.25.